The number of likely N-dealkylation sites (N-methyl/N-ethyl adjacent to an activating group) is 1. The van der Waals surface area contributed by atoms with Gasteiger partial charge in [0.15, 0.2) is 0 Å². The number of ether oxygens (including phenoxy) is 1. The number of halogens is 2. The molecule has 0 radical (unpaired) electrons. The summed E-state index contributed by atoms with van der Waals surface area (Å²) in [4.78, 5) is 24.8. The first kappa shape index (κ1) is 17.4. The third kappa shape index (κ3) is 5.69. The van der Waals surface area contributed by atoms with Crippen molar-refractivity contribution >= 4 is 23.4 Å². The number of nitrogens with zero attached hydrogens (tertiary/aromatic N) is 1. The van der Waals surface area contributed by atoms with Crippen molar-refractivity contribution in [2.24, 2.45) is 0 Å². The number of hydrogen-bond donors (Lipinski definition) is 1. The zero-order valence-corrected chi connectivity index (χ0v) is 12.7. The van der Waals surface area contributed by atoms with E-state index in [-0.39, 0.29) is 23.0 Å². The first-order valence-electron chi connectivity index (χ1n) is 6.42. The van der Waals surface area contributed by atoms with Gasteiger partial charge < -0.3 is 15.0 Å². The van der Waals surface area contributed by atoms with Crippen molar-refractivity contribution in [3.8, 4) is 0 Å². The van der Waals surface area contributed by atoms with E-state index in [1.807, 2.05) is 0 Å². The van der Waals surface area contributed by atoms with Gasteiger partial charge in [0, 0.05) is 32.3 Å². The Bertz CT molecular complexity index is 511. The van der Waals surface area contributed by atoms with Crippen LogP contribution in [0.4, 0.5) is 4.39 Å². The van der Waals surface area contributed by atoms with E-state index in [1.54, 1.807) is 7.11 Å². The molecule has 21 heavy (non-hydrogen) atoms. The monoisotopic (exact) mass is 316 g/mol. The van der Waals surface area contributed by atoms with Crippen molar-refractivity contribution in [2.75, 3.05) is 33.9 Å². The Hall–Kier alpha value is -1.66. The molecule has 0 aromatic heterocycles. The van der Waals surface area contributed by atoms with Crippen LogP contribution in [0.2, 0.25) is 5.02 Å². The van der Waals surface area contributed by atoms with Crippen molar-refractivity contribution in [1.29, 1.82) is 0 Å². The Labute approximate surface area is 128 Å². The van der Waals surface area contributed by atoms with Gasteiger partial charge in [-0.25, -0.2) is 4.39 Å². The molecule has 5 nitrogen and oxygen atoms in total. The van der Waals surface area contributed by atoms with Crippen LogP contribution in [0.25, 0.3) is 0 Å². The predicted molar refractivity (Wildman–Crippen MR) is 77.9 cm³/mol. The van der Waals surface area contributed by atoms with Crippen LogP contribution in [-0.4, -0.2) is 50.6 Å². The molecule has 0 aliphatic heterocycles. The maximum atomic E-state index is 13.6. The molecule has 0 bridgehead atoms. The zero-order chi connectivity index (χ0) is 15.8. The number of rotatable bonds is 7. The highest BCUT2D eigenvalue weighted by Crippen LogP contribution is 2.16. The Kier molecular flexibility index (Phi) is 7.11. The van der Waals surface area contributed by atoms with Gasteiger partial charge in [0.1, 0.15) is 5.82 Å². The van der Waals surface area contributed by atoms with E-state index in [1.165, 1.54) is 19.2 Å². The standard InChI is InChI=1S/C14H18ClFN2O3/c1-18(9-13(19)17-6-3-7-21-2)14(20)11-8-10(15)4-5-12(11)16/h4-5,8H,3,6-7,9H2,1-2H3,(H,17,19). The normalized spacial score (nSPS) is 10.3. The third-order valence-electron chi connectivity index (χ3n) is 2.73. The second kappa shape index (κ2) is 8.59. The first-order valence-corrected chi connectivity index (χ1v) is 6.79. The van der Waals surface area contributed by atoms with Crippen LogP contribution < -0.4 is 5.32 Å². The quantitative estimate of drug-likeness (QED) is 0.779. The fraction of sp³-hybridized carbons (Fsp3) is 0.429. The second-order valence-corrected chi connectivity index (χ2v) is 4.92. The van der Waals surface area contributed by atoms with Crippen LogP contribution in [0.5, 0.6) is 0 Å². The molecule has 0 saturated carbocycles. The molecule has 0 fully saturated rings. The second-order valence-electron chi connectivity index (χ2n) is 4.48. The van der Waals surface area contributed by atoms with Crippen molar-refractivity contribution in [1.82, 2.24) is 10.2 Å². The fourth-order valence-corrected chi connectivity index (χ4v) is 1.83. The molecule has 1 rings (SSSR count). The summed E-state index contributed by atoms with van der Waals surface area (Å²) in [6.45, 7) is 0.848. The molecule has 0 aliphatic carbocycles. The van der Waals surface area contributed by atoms with E-state index in [9.17, 15) is 14.0 Å². The van der Waals surface area contributed by atoms with Crippen LogP contribution in [0.15, 0.2) is 18.2 Å². The molecule has 1 aromatic rings. The summed E-state index contributed by atoms with van der Waals surface area (Å²) < 4.78 is 18.4. The van der Waals surface area contributed by atoms with E-state index in [0.29, 0.717) is 19.6 Å². The Morgan fingerprint density at radius 2 is 2.14 bits per heavy atom. The zero-order valence-electron chi connectivity index (χ0n) is 12.0. The van der Waals surface area contributed by atoms with Crippen LogP contribution in [0.1, 0.15) is 16.8 Å². The van der Waals surface area contributed by atoms with Crippen LogP contribution in [0, 0.1) is 5.82 Å². The van der Waals surface area contributed by atoms with Crippen molar-refractivity contribution in [2.45, 2.75) is 6.42 Å². The van der Waals surface area contributed by atoms with Gasteiger partial charge in [-0.05, 0) is 24.6 Å². The average molecular weight is 317 g/mol. The van der Waals surface area contributed by atoms with Crippen molar-refractivity contribution < 1.29 is 18.7 Å². The molecular weight excluding hydrogens is 299 g/mol. The lowest BCUT2D eigenvalue weighted by Crippen LogP contribution is -2.39. The van der Waals surface area contributed by atoms with Crippen LogP contribution in [-0.2, 0) is 9.53 Å². The first-order chi connectivity index (χ1) is 9.95. The number of benzene rings is 1. The largest absolute Gasteiger partial charge is 0.385 e. The lowest BCUT2D eigenvalue weighted by Gasteiger charge is -2.17. The summed E-state index contributed by atoms with van der Waals surface area (Å²) in [5, 5.41) is 2.91. The number of carbonyl (C=O) groups is 2. The summed E-state index contributed by atoms with van der Waals surface area (Å²) in [6, 6.07) is 3.72. The molecule has 1 N–H and O–H groups in total. The Morgan fingerprint density at radius 1 is 1.43 bits per heavy atom. The highest BCUT2D eigenvalue weighted by atomic mass is 35.5. The minimum absolute atomic E-state index is 0.155. The van der Waals surface area contributed by atoms with Crippen molar-refractivity contribution in [3.05, 3.63) is 34.6 Å². The average Bonchev–Trinajstić information content (AvgIpc) is 2.45. The molecule has 1 aromatic carbocycles. The van der Waals surface area contributed by atoms with Crippen LogP contribution in [0.3, 0.4) is 0 Å². The molecule has 116 valence electrons. The molecule has 0 atom stereocenters. The lowest BCUT2D eigenvalue weighted by molar-refractivity contribution is -0.121. The molecule has 0 saturated heterocycles. The van der Waals surface area contributed by atoms with E-state index in [2.05, 4.69) is 5.32 Å². The SMILES string of the molecule is COCCCNC(=O)CN(C)C(=O)c1cc(Cl)ccc1F. The number of amides is 2. The molecular formula is C14H18ClFN2O3. The van der Waals surface area contributed by atoms with Gasteiger partial charge in [-0.2, -0.15) is 0 Å². The smallest absolute Gasteiger partial charge is 0.257 e. The number of hydrogen-bond acceptors (Lipinski definition) is 3. The molecule has 7 heteroatoms. The Morgan fingerprint density at radius 3 is 2.81 bits per heavy atom. The fourth-order valence-electron chi connectivity index (χ4n) is 1.65. The van der Waals surface area contributed by atoms with Gasteiger partial charge in [0.05, 0.1) is 12.1 Å². The summed E-state index contributed by atoms with van der Waals surface area (Å²) in [5.74, 6) is -1.58. The van der Waals surface area contributed by atoms with Gasteiger partial charge >= 0.3 is 0 Å². The third-order valence-corrected chi connectivity index (χ3v) is 2.97. The highest BCUT2D eigenvalue weighted by Gasteiger charge is 2.18. The lowest BCUT2D eigenvalue weighted by atomic mass is 10.2. The molecule has 0 heterocycles. The van der Waals surface area contributed by atoms with E-state index in [0.717, 1.165) is 11.0 Å². The number of carbonyl (C=O) groups excluding carboxylic acids is 2. The van der Waals surface area contributed by atoms with E-state index >= 15 is 0 Å². The van der Waals surface area contributed by atoms with Gasteiger partial charge in [-0.1, -0.05) is 11.6 Å². The van der Waals surface area contributed by atoms with Gasteiger partial charge in [0.2, 0.25) is 5.91 Å². The summed E-state index contributed by atoms with van der Waals surface area (Å²) in [7, 11) is 3.01. The maximum Gasteiger partial charge on any atom is 0.257 e. The topological polar surface area (TPSA) is 58.6 Å². The molecule has 0 aliphatic rings. The summed E-state index contributed by atoms with van der Waals surface area (Å²) in [5.41, 5.74) is -0.155. The van der Waals surface area contributed by atoms with Gasteiger partial charge in [-0.15, -0.1) is 0 Å². The molecule has 2 amide bonds. The highest BCUT2D eigenvalue weighted by molar-refractivity contribution is 6.31. The summed E-state index contributed by atoms with van der Waals surface area (Å²) in [6.07, 6.45) is 0.683. The van der Waals surface area contributed by atoms with E-state index in [4.69, 9.17) is 16.3 Å². The number of nitrogens with one attached hydrogen (secondary N) is 1. The van der Waals surface area contributed by atoms with Crippen LogP contribution >= 0.6 is 11.6 Å². The van der Waals surface area contributed by atoms with Crippen molar-refractivity contribution in [3.63, 3.8) is 0 Å². The minimum Gasteiger partial charge on any atom is -0.385 e. The summed E-state index contributed by atoms with van der Waals surface area (Å²) >= 11 is 5.74. The predicted octanol–water partition coefficient (Wildman–Crippen LogP) is 1.70. The Balaban J connectivity index is 2.54. The molecule has 0 spiro atoms. The minimum atomic E-state index is -0.670. The van der Waals surface area contributed by atoms with E-state index < -0.39 is 11.7 Å². The maximum absolute atomic E-state index is 13.6. The molecule has 0 unspecified atom stereocenters. The van der Waals surface area contributed by atoms with Gasteiger partial charge in [0.25, 0.3) is 5.91 Å². The number of methoxy groups -OCH3 is 1. The van der Waals surface area contributed by atoms with Gasteiger partial charge in [-0.3, -0.25) is 9.59 Å².